The fourth-order valence-corrected chi connectivity index (χ4v) is 2.07. The van der Waals surface area contributed by atoms with Crippen LogP contribution < -0.4 is 5.32 Å². The van der Waals surface area contributed by atoms with Gasteiger partial charge in [0.2, 0.25) is 0 Å². The summed E-state index contributed by atoms with van der Waals surface area (Å²) in [6.07, 6.45) is 6.26. The van der Waals surface area contributed by atoms with Gasteiger partial charge < -0.3 is 5.32 Å². The number of hydrogen-bond donors (Lipinski definition) is 1. The molecule has 1 N–H and O–H groups in total. The van der Waals surface area contributed by atoms with E-state index in [1.807, 2.05) is 0 Å². The molecule has 0 saturated heterocycles. The molecule has 0 spiro atoms. The Hall–Kier alpha value is -0.340. The largest absolute Gasteiger partial charge is 0.317 e. The first kappa shape index (κ1) is 12.7. The zero-order chi connectivity index (χ0) is 11.1. The second-order valence-electron chi connectivity index (χ2n) is 4.64. The third-order valence-electron chi connectivity index (χ3n) is 3.32. The van der Waals surface area contributed by atoms with Gasteiger partial charge in [0.15, 0.2) is 0 Å². The van der Waals surface area contributed by atoms with Crippen LogP contribution in [0.2, 0.25) is 0 Å². The second kappa shape index (κ2) is 7.02. The highest BCUT2D eigenvalue weighted by Gasteiger charge is 2.14. The molecule has 0 bridgehead atoms. The Kier molecular flexibility index (Phi) is 5.96. The Morgan fingerprint density at radius 2 is 2.33 bits per heavy atom. The van der Waals surface area contributed by atoms with E-state index in [-0.39, 0.29) is 0 Å². The smallest absolute Gasteiger partial charge is 0.0168 e. The van der Waals surface area contributed by atoms with Crippen molar-refractivity contribution in [2.24, 2.45) is 0 Å². The lowest BCUT2D eigenvalue weighted by atomic mass is 10.1. The van der Waals surface area contributed by atoms with Crippen molar-refractivity contribution in [1.82, 2.24) is 10.2 Å². The standard InChI is InChI=1S/C13H26N2/c1-4-14-9-5-6-13(3)15-10-7-12(2)8-11-15/h7,13-14H,4-6,8-11H2,1-3H3. The van der Waals surface area contributed by atoms with E-state index in [2.05, 4.69) is 37.1 Å². The van der Waals surface area contributed by atoms with Gasteiger partial charge in [-0.2, -0.15) is 0 Å². The van der Waals surface area contributed by atoms with Crippen molar-refractivity contribution in [1.29, 1.82) is 0 Å². The van der Waals surface area contributed by atoms with Gasteiger partial charge >= 0.3 is 0 Å². The zero-order valence-corrected chi connectivity index (χ0v) is 10.6. The zero-order valence-electron chi connectivity index (χ0n) is 10.6. The molecule has 0 fully saturated rings. The minimum Gasteiger partial charge on any atom is -0.317 e. The maximum Gasteiger partial charge on any atom is 0.0168 e. The summed E-state index contributed by atoms with van der Waals surface area (Å²) in [5, 5.41) is 3.38. The highest BCUT2D eigenvalue weighted by Crippen LogP contribution is 2.14. The average Bonchev–Trinajstić information content (AvgIpc) is 2.25. The van der Waals surface area contributed by atoms with Crippen LogP contribution in [-0.4, -0.2) is 37.1 Å². The topological polar surface area (TPSA) is 15.3 Å². The second-order valence-corrected chi connectivity index (χ2v) is 4.64. The van der Waals surface area contributed by atoms with Crippen molar-refractivity contribution in [2.45, 2.75) is 46.1 Å². The van der Waals surface area contributed by atoms with E-state index in [1.165, 1.54) is 32.4 Å². The molecule has 0 aromatic heterocycles. The lowest BCUT2D eigenvalue weighted by Crippen LogP contribution is -2.36. The monoisotopic (exact) mass is 210 g/mol. The van der Waals surface area contributed by atoms with Crippen LogP contribution in [0.25, 0.3) is 0 Å². The molecule has 0 saturated carbocycles. The molecule has 1 unspecified atom stereocenters. The Labute approximate surface area is 94.7 Å². The van der Waals surface area contributed by atoms with Gasteiger partial charge in [-0.25, -0.2) is 0 Å². The van der Waals surface area contributed by atoms with Crippen molar-refractivity contribution < 1.29 is 0 Å². The molecule has 1 atom stereocenters. The third kappa shape index (κ3) is 4.80. The highest BCUT2D eigenvalue weighted by atomic mass is 15.1. The van der Waals surface area contributed by atoms with Gasteiger partial charge in [-0.15, -0.1) is 0 Å². The Balaban J connectivity index is 2.14. The fraction of sp³-hybridized carbons (Fsp3) is 0.846. The van der Waals surface area contributed by atoms with Gasteiger partial charge in [0.1, 0.15) is 0 Å². The summed E-state index contributed by atoms with van der Waals surface area (Å²) in [6, 6.07) is 0.744. The molecule has 0 aromatic carbocycles. The summed E-state index contributed by atoms with van der Waals surface area (Å²) >= 11 is 0. The Morgan fingerprint density at radius 3 is 2.93 bits per heavy atom. The van der Waals surface area contributed by atoms with Crippen LogP contribution in [0.4, 0.5) is 0 Å². The minimum absolute atomic E-state index is 0.744. The van der Waals surface area contributed by atoms with E-state index >= 15 is 0 Å². The normalized spacial score (nSPS) is 20.1. The van der Waals surface area contributed by atoms with Gasteiger partial charge in [-0.3, -0.25) is 4.90 Å². The van der Waals surface area contributed by atoms with Crippen LogP contribution in [0.3, 0.4) is 0 Å². The van der Waals surface area contributed by atoms with E-state index in [4.69, 9.17) is 0 Å². The van der Waals surface area contributed by atoms with Gasteiger partial charge in [-0.05, 0) is 46.2 Å². The van der Waals surface area contributed by atoms with Crippen LogP contribution in [0, 0.1) is 0 Å². The van der Waals surface area contributed by atoms with E-state index in [0.717, 1.165) is 19.1 Å². The van der Waals surface area contributed by atoms with Crippen molar-refractivity contribution >= 4 is 0 Å². The van der Waals surface area contributed by atoms with Crippen LogP contribution in [0.15, 0.2) is 11.6 Å². The molecule has 0 aromatic rings. The summed E-state index contributed by atoms with van der Waals surface area (Å²) < 4.78 is 0. The Bertz CT molecular complexity index is 199. The van der Waals surface area contributed by atoms with Gasteiger partial charge in [-0.1, -0.05) is 18.6 Å². The van der Waals surface area contributed by atoms with Crippen molar-refractivity contribution in [3.8, 4) is 0 Å². The number of nitrogens with one attached hydrogen (secondary N) is 1. The van der Waals surface area contributed by atoms with Gasteiger partial charge in [0.05, 0.1) is 0 Å². The predicted octanol–water partition coefficient (Wildman–Crippen LogP) is 2.42. The number of nitrogens with zero attached hydrogens (tertiary/aromatic N) is 1. The molecule has 1 rings (SSSR count). The summed E-state index contributed by atoms with van der Waals surface area (Å²) in [5.41, 5.74) is 1.56. The Morgan fingerprint density at radius 1 is 1.53 bits per heavy atom. The first-order valence-electron chi connectivity index (χ1n) is 6.34. The van der Waals surface area contributed by atoms with Crippen LogP contribution >= 0.6 is 0 Å². The third-order valence-corrected chi connectivity index (χ3v) is 3.32. The predicted molar refractivity (Wildman–Crippen MR) is 67.2 cm³/mol. The van der Waals surface area contributed by atoms with E-state index in [1.54, 1.807) is 5.57 Å². The first-order chi connectivity index (χ1) is 7.24. The minimum atomic E-state index is 0.744. The molecule has 0 amide bonds. The van der Waals surface area contributed by atoms with Crippen molar-refractivity contribution in [3.63, 3.8) is 0 Å². The molecule has 0 radical (unpaired) electrons. The lowest BCUT2D eigenvalue weighted by Gasteiger charge is -2.31. The summed E-state index contributed by atoms with van der Waals surface area (Å²) in [6.45, 7) is 11.5. The summed E-state index contributed by atoms with van der Waals surface area (Å²) in [7, 11) is 0. The molecular weight excluding hydrogens is 184 g/mol. The van der Waals surface area contributed by atoms with Crippen molar-refractivity contribution in [2.75, 3.05) is 26.2 Å². The lowest BCUT2D eigenvalue weighted by molar-refractivity contribution is 0.212. The van der Waals surface area contributed by atoms with E-state index < -0.39 is 0 Å². The quantitative estimate of drug-likeness (QED) is 0.535. The van der Waals surface area contributed by atoms with E-state index in [0.29, 0.717) is 0 Å². The van der Waals surface area contributed by atoms with E-state index in [9.17, 15) is 0 Å². The maximum atomic E-state index is 3.38. The molecule has 88 valence electrons. The fourth-order valence-electron chi connectivity index (χ4n) is 2.07. The molecule has 2 nitrogen and oxygen atoms in total. The first-order valence-corrected chi connectivity index (χ1v) is 6.34. The highest BCUT2D eigenvalue weighted by molar-refractivity contribution is 5.04. The molecule has 2 heteroatoms. The molecule has 1 heterocycles. The molecule has 1 aliphatic heterocycles. The number of rotatable bonds is 6. The molecule has 15 heavy (non-hydrogen) atoms. The molecular formula is C13H26N2. The van der Waals surface area contributed by atoms with Crippen molar-refractivity contribution in [3.05, 3.63) is 11.6 Å². The SMILES string of the molecule is CCNCCCC(C)N1CC=C(C)CC1. The molecule has 0 aliphatic carbocycles. The average molecular weight is 210 g/mol. The maximum absolute atomic E-state index is 3.38. The summed E-state index contributed by atoms with van der Waals surface area (Å²) in [4.78, 5) is 2.60. The number of hydrogen-bond acceptors (Lipinski definition) is 2. The van der Waals surface area contributed by atoms with Crippen LogP contribution in [0.1, 0.15) is 40.0 Å². The summed E-state index contributed by atoms with van der Waals surface area (Å²) in [5.74, 6) is 0. The van der Waals surface area contributed by atoms with Crippen LogP contribution in [-0.2, 0) is 0 Å². The molecule has 1 aliphatic rings. The van der Waals surface area contributed by atoms with Gasteiger partial charge in [0, 0.05) is 19.1 Å². The van der Waals surface area contributed by atoms with Gasteiger partial charge in [0.25, 0.3) is 0 Å². The van der Waals surface area contributed by atoms with Crippen LogP contribution in [0.5, 0.6) is 0 Å².